The summed E-state index contributed by atoms with van der Waals surface area (Å²) in [6.07, 6.45) is 8.74. The number of ether oxygens (including phenoxy) is 2. The van der Waals surface area contributed by atoms with E-state index in [9.17, 15) is 9.59 Å². The van der Waals surface area contributed by atoms with Crippen LogP contribution in [0.3, 0.4) is 0 Å². The van der Waals surface area contributed by atoms with Crippen molar-refractivity contribution >= 4 is 34.8 Å². The number of carbonyl (C=O) groups excluding carboxylic acids is 1. The molecular weight excluding hydrogens is 531 g/mol. The Labute approximate surface area is 228 Å². The number of rotatable bonds is 6. The van der Waals surface area contributed by atoms with Crippen molar-refractivity contribution in [2.45, 2.75) is 38.2 Å². The van der Waals surface area contributed by atoms with Gasteiger partial charge in [-0.25, -0.2) is 9.97 Å². The normalized spacial score (nSPS) is 20.6. The van der Waals surface area contributed by atoms with Crippen LogP contribution < -0.4 is 19.9 Å². The molecule has 0 spiro atoms. The predicted octanol–water partition coefficient (Wildman–Crippen LogP) is 4.72. The molecule has 5 rings (SSSR count). The number of nitrogens with one attached hydrogen (secondary N) is 1. The largest absolute Gasteiger partial charge is 0.480 e. The average molecular weight is 557 g/mol. The number of carbonyl (C=O) groups is 1. The first-order chi connectivity index (χ1) is 18.2. The number of aromatic amines is 1. The molecule has 1 aliphatic heterocycles. The summed E-state index contributed by atoms with van der Waals surface area (Å²) in [7, 11) is 2.95. The maximum atomic E-state index is 14.0. The molecule has 4 heterocycles. The Kier molecular flexibility index (Phi) is 6.79. The van der Waals surface area contributed by atoms with E-state index < -0.39 is 17.5 Å². The Balaban J connectivity index is 1.78. The molecule has 0 radical (unpaired) electrons. The number of hydrogen-bond acceptors (Lipinski definition) is 7. The molecule has 0 bridgehead atoms. The smallest absolute Gasteiger partial charge is 0.319 e. The van der Waals surface area contributed by atoms with Gasteiger partial charge in [-0.1, -0.05) is 36.8 Å². The number of nitrogens with zero attached hydrogens (tertiary/aromatic N) is 5. The van der Waals surface area contributed by atoms with Crippen molar-refractivity contribution < 1.29 is 14.3 Å². The zero-order valence-electron chi connectivity index (χ0n) is 21.4. The number of fused-ring (bicyclic) bond motifs is 1. The highest BCUT2D eigenvalue weighted by molar-refractivity contribution is 6.30. The van der Waals surface area contributed by atoms with Gasteiger partial charge in [0.1, 0.15) is 17.6 Å². The summed E-state index contributed by atoms with van der Waals surface area (Å²) in [6.45, 7) is 5.97. The molecule has 0 aromatic carbocycles. The molecule has 12 heteroatoms. The van der Waals surface area contributed by atoms with Crippen LogP contribution in [0.15, 0.2) is 47.1 Å². The Morgan fingerprint density at radius 1 is 1.16 bits per heavy atom. The maximum absolute atomic E-state index is 14.0. The molecule has 1 amide bonds. The van der Waals surface area contributed by atoms with E-state index in [1.807, 2.05) is 43.6 Å². The Morgan fingerprint density at radius 3 is 2.58 bits per heavy atom. The van der Waals surface area contributed by atoms with E-state index in [4.69, 9.17) is 37.7 Å². The Hall–Kier alpha value is -3.63. The van der Waals surface area contributed by atoms with Crippen LogP contribution in [-0.2, 0) is 0 Å². The molecule has 0 saturated carbocycles. The number of methoxy groups -OCH3 is 2. The number of H-pyrrole nitrogens is 1. The quantitative estimate of drug-likeness (QED) is 0.436. The summed E-state index contributed by atoms with van der Waals surface area (Å²) in [6, 6.07) is 0.836. The number of halogens is 2. The number of amides is 1. The topological polar surface area (TPSA) is 115 Å². The van der Waals surface area contributed by atoms with Gasteiger partial charge in [0.15, 0.2) is 5.69 Å². The molecule has 10 nitrogen and oxygen atoms in total. The summed E-state index contributed by atoms with van der Waals surface area (Å²) >= 11 is 12.7. The third-order valence-corrected chi connectivity index (χ3v) is 7.37. The molecule has 2 unspecified atom stereocenters. The van der Waals surface area contributed by atoms with Gasteiger partial charge in [-0.15, -0.1) is 11.6 Å². The highest BCUT2D eigenvalue weighted by Crippen LogP contribution is 2.46. The monoisotopic (exact) mass is 556 g/mol. The average Bonchev–Trinajstić information content (AvgIpc) is 3.41. The maximum Gasteiger partial charge on any atom is 0.319 e. The lowest BCUT2D eigenvalue weighted by molar-refractivity contribution is 0.0989. The highest BCUT2D eigenvalue weighted by atomic mass is 35.5. The van der Waals surface area contributed by atoms with E-state index in [0.29, 0.717) is 22.1 Å². The van der Waals surface area contributed by atoms with Crippen LogP contribution in [0.4, 0.5) is 5.69 Å². The number of hydrogen-bond donors (Lipinski definition) is 1. The molecule has 0 fully saturated rings. The van der Waals surface area contributed by atoms with Gasteiger partial charge in [0.05, 0.1) is 35.9 Å². The van der Waals surface area contributed by atoms with Crippen LogP contribution in [0.1, 0.15) is 49.0 Å². The van der Waals surface area contributed by atoms with Crippen LogP contribution in [0, 0.1) is 5.92 Å². The van der Waals surface area contributed by atoms with Crippen molar-refractivity contribution in [3.05, 3.63) is 69.0 Å². The van der Waals surface area contributed by atoms with Gasteiger partial charge in [-0.2, -0.15) is 4.98 Å². The zero-order valence-corrected chi connectivity index (χ0v) is 22.9. The zero-order chi connectivity index (χ0) is 27.3. The molecule has 38 heavy (non-hydrogen) atoms. The number of allylic oxidation sites excluding steroid dienone is 2. The lowest BCUT2D eigenvalue weighted by atomic mass is 9.91. The predicted molar refractivity (Wildman–Crippen MR) is 144 cm³/mol. The van der Waals surface area contributed by atoms with E-state index in [1.54, 1.807) is 6.20 Å². The second-order valence-electron chi connectivity index (χ2n) is 9.35. The molecule has 3 aromatic heterocycles. The van der Waals surface area contributed by atoms with Crippen molar-refractivity contribution in [2.75, 3.05) is 19.1 Å². The fraction of sp³-hybridized carbons (Fsp3) is 0.346. The van der Waals surface area contributed by atoms with Gasteiger partial charge < -0.3 is 19.0 Å². The number of imidazole rings is 1. The van der Waals surface area contributed by atoms with E-state index in [0.717, 1.165) is 5.57 Å². The minimum absolute atomic E-state index is 0.000267. The van der Waals surface area contributed by atoms with Gasteiger partial charge in [0, 0.05) is 18.4 Å². The van der Waals surface area contributed by atoms with Crippen molar-refractivity contribution in [3.63, 3.8) is 0 Å². The van der Waals surface area contributed by atoms with Crippen LogP contribution in [-0.4, -0.2) is 50.0 Å². The molecule has 1 N–H and O–H groups in total. The van der Waals surface area contributed by atoms with Gasteiger partial charge in [-0.05, 0) is 31.4 Å². The van der Waals surface area contributed by atoms with Crippen molar-refractivity contribution in [2.24, 2.45) is 5.92 Å². The SMILES string of the molecule is COc1ncc(-c2nc3c(n2C(C)C)[C@H](C2=CC(C)C(Cl)C=C2)N(c2cc(Cl)c[nH]c2=O)C3=O)c(OC)n1. The van der Waals surface area contributed by atoms with Gasteiger partial charge in [-0.3, -0.25) is 14.5 Å². The first kappa shape index (κ1) is 26.0. The number of pyridine rings is 1. The Bertz CT molecular complexity index is 1540. The van der Waals surface area contributed by atoms with Crippen LogP contribution in [0.2, 0.25) is 5.02 Å². The Morgan fingerprint density at radius 2 is 1.92 bits per heavy atom. The second kappa shape index (κ2) is 9.92. The molecule has 2 aliphatic rings. The summed E-state index contributed by atoms with van der Waals surface area (Å²) in [5, 5.41) is 0.107. The molecule has 3 atom stereocenters. The highest BCUT2D eigenvalue weighted by Gasteiger charge is 2.46. The molecule has 3 aromatic rings. The fourth-order valence-corrected chi connectivity index (χ4v) is 5.18. The summed E-state index contributed by atoms with van der Waals surface area (Å²) in [4.78, 5) is 44.3. The van der Waals surface area contributed by atoms with E-state index in [-0.39, 0.29) is 40.6 Å². The third kappa shape index (κ3) is 4.17. The van der Waals surface area contributed by atoms with Crippen molar-refractivity contribution in [1.82, 2.24) is 24.5 Å². The van der Waals surface area contributed by atoms with Gasteiger partial charge in [0.25, 0.3) is 11.5 Å². The second-order valence-corrected chi connectivity index (χ2v) is 10.3. The van der Waals surface area contributed by atoms with E-state index in [1.165, 1.54) is 31.4 Å². The standard InChI is InChI=1S/C26H26Cl2N6O4/c1-12(2)33-21-19(31-22(33)16-11-30-26(38-5)32-24(16)37-4)25(36)34(18-9-15(27)10-29-23(18)35)20(21)14-6-7-17(28)13(3)8-14/h6-13,17,20H,1-5H3,(H,29,35)/t13?,17?,20-/m0/s1. The number of anilines is 1. The first-order valence-corrected chi connectivity index (χ1v) is 12.8. The van der Waals surface area contributed by atoms with Crippen molar-refractivity contribution in [1.29, 1.82) is 0 Å². The fourth-order valence-electron chi connectivity index (χ4n) is 4.88. The van der Waals surface area contributed by atoms with Gasteiger partial charge in [0.2, 0.25) is 5.88 Å². The molecule has 0 saturated heterocycles. The van der Waals surface area contributed by atoms with E-state index >= 15 is 0 Å². The van der Waals surface area contributed by atoms with Crippen LogP contribution in [0.5, 0.6) is 11.9 Å². The summed E-state index contributed by atoms with van der Waals surface area (Å²) < 4.78 is 12.6. The molecular formula is C26H26Cl2N6O4. The number of alkyl halides is 1. The number of aromatic nitrogens is 5. The summed E-state index contributed by atoms with van der Waals surface area (Å²) in [5.74, 6) is 0.290. The summed E-state index contributed by atoms with van der Waals surface area (Å²) in [5.41, 5.74) is 1.84. The molecule has 198 valence electrons. The lowest BCUT2D eigenvalue weighted by Crippen LogP contribution is -2.35. The third-order valence-electron chi connectivity index (χ3n) is 6.61. The molecule has 1 aliphatic carbocycles. The van der Waals surface area contributed by atoms with E-state index in [2.05, 4.69) is 15.0 Å². The lowest BCUT2D eigenvalue weighted by Gasteiger charge is -2.30. The minimum atomic E-state index is -0.659. The van der Waals surface area contributed by atoms with Crippen molar-refractivity contribution in [3.8, 4) is 23.3 Å². The first-order valence-electron chi connectivity index (χ1n) is 12.0. The van der Waals surface area contributed by atoms with Crippen LogP contribution >= 0.6 is 23.2 Å². The minimum Gasteiger partial charge on any atom is -0.480 e. The van der Waals surface area contributed by atoms with Crippen LogP contribution in [0.25, 0.3) is 11.4 Å². The van der Waals surface area contributed by atoms with Gasteiger partial charge >= 0.3 is 6.01 Å².